The maximum atomic E-state index is 12.8. The Morgan fingerprint density at radius 3 is 2.33 bits per heavy atom. The normalized spacial score (nSPS) is 16.9. The molecule has 1 aliphatic heterocycles. The fourth-order valence-corrected chi connectivity index (χ4v) is 3.12. The van der Waals surface area contributed by atoms with Gasteiger partial charge >= 0.3 is 0 Å². The average Bonchev–Trinajstić information content (AvgIpc) is 2.49. The van der Waals surface area contributed by atoms with Crippen LogP contribution in [0.25, 0.3) is 0 Å². The lowest BCUT2D eigenvalue weighted by Gasteiger charge is -2.37. The van der Waals surface area contributed by atoms with Gasteiger partial charge < -0.3 is 4.90 Å². The quantitative estimate of drug-likeness (QED) is 0.574. The molecule has 3 heteroatoms. The van der Waals surface area contributed by atoms with E-state index in [1.54, 1.807) is 12.1 Å². The number of benzene rings is 1. The summed E-state index contributed by atoms with van der Waals surface area (Å²) in [5, 5.41) is 0. The standard InChI is InChI=1S/C21H29NO2/c1-15(2)13-22-11-10-21(4,5)18(14-22)20(24)12-19(23)17-8-6-16(3)7-9-17/h6-9,14-15H,10-13H2,1-5H3. The van der Waals surface area contributed by atoms with Crippen LogP contribution in [0.15, 0.2) is 36.0 Å². The number of carbonyl (C=O) groups is 2. The molecule has 24 heavy (non-hydrogen) atoms. The van der Waals surface area contributed by atoms with Crippen LogP contribution in [0.4, 0.5) is 0 Å². The van der Waals surface area contributed by atoms with Crippen molar-refractivity contribution in [2.75, 3.05) is 13.1 Å². The van der Waals surface area contributed by atoms with E-state index in [9.17, 15) is 9.59 Å². The molecule has 0 N–H and O–H groups in total. The van der Waals surface area contributed by atoms with Gasteiger partial charge in [0.2, 0.25) is 0 Å². The summed E-state index contributed by atoms with van der Waals surface area (Å²) in [4.78, 5) is 27.4. The number of nitrogens with zero attached hydrogens (tertiary/aromatic N) is 1. The molecule has 0 spiro atoms. The lowest BCUT2D eigenvalue weighted by atomic mass is 9.76. The van der Waals surface area contributed by atoms with Crippen molar-refractivity contribution < 1.29 is 9.59 Å². The monoisotopic (exact) mass is 327 g/mol. The summed E-state index contributed by atoms with van der Waals surface area (Å²) in [6, 6.07) is 7.42. The first-order valence-corrected chi connectivity index (χ1v) is 8.78. The molecule has 0 saturated heterocycles. The summed E-state index contributed by atoms with van der Waals surface area (Å²) in [5.41, 5.74) is 2.34. The maximum absolute atomic E-state index is 12.8. The van der Waals surface area contributed by atoms with Crippen molar-refractivity contribution in [1.29, 1.82) is 0 Å². The highest BCUT2D eigenvalue weighted by Gasteiger charge is 2.33. The molecule has 130 valence electrons. The van der Waals surface area contributed by atoms with Crippen LogP contribution in [0.5, 0.6) is 0 Å². The van der Waals surface area contributed by atoms with Gasteiger partial charge in [-0.15, -0.1) is 0 Å². The molecule has 0 aromatic heterocycles. The Labute approximate surface area is 145 Å². The van der Waals surface area contributed by atoms with Gasteiger partial charge in [-0.3, -0.25) is 9.59 Å². The van der Waals surface area contributed by atoms with Gasteiger partial charge in [0.05, 0.1) is 6.42 Å². The van der Waals surface area contributed by atoms with Crippen LogP contribution in [-0.4, -0.2) is 29.6 Å². The minimum Gasteiger partial charge on any atom is -0.377 e. The van der Waals surface area contributed by atoms with E-state index < -0.39 is 0 Å². The minimum atomic E-state index is -0.169. The zero-order chi connectivity index (χ0) is 17.9. The average molecular weight is 327 g/mol. The fraction of sp³-hybridized carbons (Fsp3) is 0.524. The number of aryl methyl sites for hydroxylation is 1. The van der Waals surface area contributed by atoms with Crippen LogP contribution < -0.4 is 0 Å². The molecule has 0 saturated carbocycles. The SMILES string of the molecule is Cc1ccc(C(=O)CC(=O)C2=CN(CC(C)C)CCC2(C)C)cc1. The van der Waals surface area contributed by atoms with Crippen molar-refractivity contribution in [2.45, 2.75) is 47.5 Å². The second-order valence-electron chi connectivity index (χ2n) is 7.95. The molecule has 3 nitrogen and oxygen atoms in total. The number of rotatable bonds is 6. The van der Waals surface area contributed by atoms with Gasteiger partial charge in [-0.2, -0.15) is 0 Å². The van der Waals surface area contributed by atoms with E-state index in [4.69, 9.17) is 0 Å². The van der Waals surface area contributed by atoms with Gasteiger partial charge in [-0.1, -0.05) is 57.5 Å². The number of hydrogen-bond donors (Lipinski definition) is 0. The molecule has 0 bridgehead atoms. The second-order valence-corrected chi connectivity index (χ2v) is 7.95. The second kappa shape index (κ2) is 7.33. The Bertz CT molecular complexity index is 638. The summed E-state index contributed by atoms with van der Waals surface area (Å²) in [5.74, 6) is 0.407. The van der Waals surface area contributed by atoms with E-state index in [2.05, 4.69) is 32.6 Å². The van der Waals surface area contributed by atoms with E-state index in [-0.39, 0.29) is 23.4 Å². The number of Topliss-reactive ketones (excluding diaryl/α,β-unsaturated/α-hetero) is 2. The Kier molecular flexibility index (Phi) is 5.63. The van der Waals surface area contributed by atoms with Crippen LogP contribution in [0, 0.1) is 18.3 Å². The van der Waals surface area contributed by atoms with Gasteiger partial charge in [0, 0.05) is 30.4 Å². The van der Waals surface area contributed by atoms with Crippen molar-refractivity contribution in [3.8, 4) is 0 Å². The molecule has 0 fully saturated rings. The Morgan fingerprint density at radius 2 is 1.75 bits per heavy atom. The van der Waals surface area contributed by atoms with Crippen LogP contribution >= 0.6 is 0 Å². The zero-order valence-corrected chi connectivity index (χ0v) is 15.6. The van der Waals surface area contributed by atoms with Crippen molar-refractivity contribution >= 4 is 11.6 Å². The first-order valence-electron chi connectivity index (χ1n) is 8.78. The molecule has 0 amide bonds. The summed E-state index contributed by atoms with van der Waals surface area (Å²) >= 11 is 0. The van der Waals surface area contributed by atoms with E-state index >= 15 is 0 Å². The highest BCUT2D eigenvalue weighted by atomic mass is 16.1. The topological polar surface area (TPSA) is 37.4 Å². The minimum absolute atomic E-state index is 0.0426. The van der Waals surface area contributed by atoms with Gasteiger partial charge in [-0.05, 0) is 24.7 Å². The van der Waals surface area contributed by atoms with Crippen LogP contribution in [0.2, 0.25) is 0 Å². The van der Waals surface area contributed by atoms with E-state index in [0.29, 0.717) is 11.5 Å². The number of hydrogen-bond acceptors (Lipinski definition) is 3. The van der Waals surface area contributed by atoms with Gasteiger partial charge in [0.25, 0.3) is 0 Å². The molecule has 1 aliphatic rings. The predicted molar refractivity (Wildman–Crippen MR) is 98.0 cm³/mol. The van der Waals surface area contributed by atoms with Crippen molar-refractivity contribution in [3.05, 3.63) is 47.2 Å². The predicted octanol–water partition coefficient (Wildman–Crippen LogP) is 4.41. The van der Waals surface area contributed by atoms with Crippen LogP contribution in [0.3, 0.4) is 0 Å². The van der Waals surface area contributed by atoms with E-state index in [1.807, 2.05) is 25.3 Å². The van der Waals surface area contributed by atoms with Crippen molar-refractivity contribution in [1.82, 2.24) is 4.90 Å². The molecule has 0 atom stereocenters. The van der Waals surface area contributed by atoms with Crippen LogP contribution in [-0.2, 0) is 4.79 Å². The first-order chi connectivity index (χ1) is 11.2. The number of allylic oxidation sites excluding steroid dienone is 1. The molecule has 1 aromatic rings. The molecule has 0 radical (unpaired) electrons. The lowest BCUT2D eigenvalue weighted by molar-refractivity contribution is -0.116. The Balaban J connectivity index is 2.14. The lowest BCUT2D eigenvalue weighted by Crippen LogP contribution is -2.36. The smallest absolute Gasteiger partial charge is 0.170 e. The number of carbonyl (C=O) groups excluding carboxylic acids is 2. The molecular weight excluding hydrogens is 298 g/mol. The summed E-state index contributed by atoms with van der Waals surface area (Å²) in [6.07, 6.45) is 2.89. The third-order valence-corrected chi connectivity index (χ3v) is 4.66. The first kappa shape index (κ1) is 18.4. The highest BCUT2D eigenvalue weighted by Crippen LogP contribution is 2.36. The third kappa shape index (κ3) is 4.56. The third-order valence-electron chi connectivity index (χ3n) is 4.66. The molecule has 2 rings (SSSR count). The maximum Gasteiger partial charge on any atom is 0.170 e. The fourth-order valence-electron chi connectivity index (χ4n) is 3.12. The van der Waals surface area contributed by atoms with Crippen molar-refractivity contribution in [2.24, 2.45) is 11.3 Å². The van der Waals surface area contributed by atoms with Gasteiger partial charge in [0.15, 0.2) is 11.6 Å². The highest BCUT2D eigenvalue weighted by molar-refractivity contribution is 6.13. The summed E-state index contributed by atoms with van der Waals surface area (Å²) < 4.78 is 0. The molecule has 1 aromatic carbocycles. The van der Waals surface area contributed by atoms with Gasteiger partial charge in [-0.25, -0.2) is 0 Å². The van der Waals surface area contributed by atoms with Gasteiger partial charge in [0.1, 0.15) is 0 Å². The Hall–Kier alpha value is -1.90. The number of ketones is 2. The molecule has 0 aliphatic carbocycles. The van der Waals surface area contributed by atoms with E-state index in [0.717, 1.165) is 30.6 Å². The largest absolute Gasteiger partial charge is 0.377 e. The van der Waals surface area contributed by atoms with Crippen molar-refractivity contribution in [3.63, 3.8) is 0 Å². The Morgan fingerprint density at radius 1 is 1.12 bits per heavy atom. The summed E-state index contributed by atoms with van der Waals surface area (Å²) in [7, 11) is 0. The molecule has 1 heterocycles. The van der Waals surface area contributed by atoms with Crippen LogP contribution in [0.1, 0.15) is 56.5 Å². The summed E-state index contributed by atoms with van der Waals surface area (Å²) in [6.45, 7) is 12.4. The van der Waals surface area contributed by atoms with E-state index in [1.165, 1.54) is 0 Å². The molecular formula is C21H29NO2. The zero-order valence-electron chi connectivity index (χ0n) is 15.6. The molecule has 0 unspecified atom stereocenters.